The van der Waals surface area contributed by atoms with Crippen molar-refractivity contribution < 1.29 is 9.53 Å². The zero-order chi connectivity index (χ0) is 17.2. The van der Waals surface area contributed by atoms with Crippen molar-refractivity contribution in [2.45, 2.75) is 6.54 Å². The number of rotatable bonds is 4. The van der Waals surface area contributed by atoms with Gasteiger partial charge in [0.15, 0.2) is 12.4 Å². The van der Waals surface area contributed by atoms with Gasteiger partial charge in [0.1, 0.15) is 17.8 Å². The van der Waals surface area contributed by atoms with E-state index in [-0.39, 0.29) is 12.5 Å². The van der Waals surface area contributed by atoms with Crippen LogP contribution >= 0.6 is 15.9 Å². The molecule has 4 rings (SSSR count). The highest BCUT2D eigenvalue weighted by Crippen LogP contribution is 2.38. The lowest BCUT2D eigenvalue weighted by atomic mass is 10.2. The molecule has 3 aromatic rings. The van der Waals surface area contributed by atoms with Gasteiger partial charge >= 0.3 is 0 Å². The quantitative estimate of drug-likeness (QED) is 0.704. The number of fused-ring (bicyclic) bond motifs is 1. The summed E-state index contributed by atoms with van der Waals surface area (Å²) in [5.41, 5.74) is 2.31. The van der Waals surface area contributed by atoms with E-state index in [9.17, 15) is 4.79 Å². The van der Waals surface area contributed by atoms with Crippen LogP contribution in [0.2, 0.25) is 0 Å². The summed E-state index contributed by atoms with van der Waals surface area (Å²) in [4.78, 5) is 15.9. The lowest BCUT2D eigenvalue weighted by Gasteiger charge is -2.22. The first-order valence-corrected chi connectivity index (χ1v) is 8.44. The molecule has 0 bridgehead atoms. The molecule has 2 heterocycles. The minimum atomic E-state index is -0.176. The van der Waals surface area contributed by atoms with E-state index < -0.39 is 0 Å². The largest absolute Gasteiger partial charge is 0.481 e. The van der Waals surface area contributed by atoms with Gasteiger partial charge in [0.2, 0.25) is 0 Å². The maximum atomic E-state index is 11.6. The van der Waals surface area contributed by atoms with Gasteiger partial charge in [0.25, 0.3) is 5.91 Å². The number of para-hydroxylation sites is 1. The lowest BCUT2D eigenvalue weighted by Crippen LogP contribution is -2.26. The Morgan fingerprint density at radius 1 is 1.28 bits per heavy atom. The Morgan fingerprint density at radius 2 is 2.12 bits per heavy atom. The van der Waals surface area contributed by atoms with Gasteiger partial charge in [-0.15, -0.1) is 0 Å². The molecular weight excluding hydrogens is 386 g/mol. The SMILES string of the molecule is O=C1COc2cc(Br)cc(NCc3ncnn3-c3ccccc3)c2N1. The van der Waals surface area contributed by atoms with Crippen molar-refractivity contribution >= 4 is 33.2 Å². The van der Waals surface area contributed by atoms with Crippen LogP contribution in [-0.2, 0) is 11.3 Å². The Bertz CT molecular complexity index is 926. The van der Waals surface area contributed by atoms with E-state index in [2.05, 4.69) is 36.6 Å². The minimum absolute atomic E-state index is 0.0191. The first-order chi connectivity index (χ1) is 12.2. The fourth-order valence-corrected chi connectivity index (χ4v) is 3.06. The van der Waals surface area contributed by atoms with Crippen LogP contribution in [-0.4, -0.2) is 27.3 Å². The Morgan fingerprint density at radius 3 is 2.96 bits per heavy atom. The van der Waals surface area contributed by atoms with Gasteiger partial charge < -0.3 is 15.4 Å². The van der Waals surface area contributed by atoms with Crippen LogP contribution in [0.1, 0.15) is 5.82 Å². The summed E-state index contributed by atoms with van der Waals surface area (Å²) in [6, 6.07) is 13.5. The molecule has 25 heavy (non-hydrogen) atoms. The number of nitrogens with one attached hydrogen (secondary N) is 2. The smallest absolute Gasteiger partial charge is 0.262 e. The molecule has 0 radical (unpaired) electrons. The Kier molecular flexibility index (Phi) is 4.10. The van der Waals surface area contributed by atoms with E-state index in [1.54, 1.807) is 4.68 Å². The molecule has 0 saturated carbocycles. The molecule has 0 atom stereocenters. The van der Waals surface area contributed by atoms with Crippen molar-refractivity contribution in [3.05, 3.63) is 59.1 Å². The summed E-state index contributed by atoms with van der Waals surface area (Å²) in [7, 11) is 0. The Balaban J connectivity index is 1.60. The summed E-state index contributed by atoms with van der Waals surface area (Å²) >= 11 is 3.46. The monoisotopic (exact) mass is 399 g/mol. The molecule has 2 N–H and O–H groups in total. The molecule has 1 aromatic heterocycles. The number of carbonyl (C=O) groups is 1. The van der Waals surface area contributed by atoms with Gasteiger partial charge in [-0.05, 0) is 24.3 Å². The maximum absolute atomic E-state index is 11.6. The van der Waals surface area contributed by atoms with Crippen molar-refractivity contribution in [3.8, 4) is 11.4 Å². The average Bonchev–Trinajstić information content (AvgIpc) is 3.09. The van der Waals surface area contributed by atoms with Gasteiger partial charge in [-0.2, -0.15) is 5.10 Å². The van der Waals surface area contributed by atoms with E-state index >= 15 is 0 Å². The van der Waals surface area contributed by atoms with Crippen molar-refractivity contribution in [1.29, 1.82) is 0 Å². The minimum Gasteiger partial charge on any atom is -0.481 e. The first-order valence-electron chi connectivity index (χ1n) is 7.65. The number of benzene rings is 2. The second-order valence-corrected chi connectivity index (χ2v) is 6.36. The molecule has 1 aliphatic heterocycles. The molecule has 2 aromatic carbocycles. The van der Waals surface area contributed by atoms with Crippen LogP contribution < -0.4 is 15.4 Å². The zero-order valence-electron chi connectivity index (χ0n) is 13.1. The van der Waals surface area contributed by atoms with Gasteiger partial charge in [-0.25, -0.2) is 9.67 Å². The molecule has 7 nitrogen and oxygen atoms in total. The summed E-state index contributed by atoms with van der Waals surface area (Å²) < 4.78 is 8.10. The lowest BCUT2D eigenvalue weighted by molar-refractivity contribution is -0.118. The molecule has 8 heteroatoms. The van der Waals surface area contributed by atoms with Crippen molar-refractivity contribution in [1.82, 2.24) is 14.8 Å². The highest BCUT2D eigenvalue weighted by atomic mass is 79.9. The number of halogens is 1. The molecule has 1 aliphatic rings. The molecule has 126 valence electrons. The highest BCUT2D eigenvalue weighted by molar-refractivity contribution is 9.10. The summed E-state index contributed by atoms with van der Waals surface area (Å²) in [5, 5.41) is 10.4. The number of hydrogen-bond donors (Lipinski definition) is 2. The van der Waals surface area contributed by atoms with Crippen molar-refractivity contribution in [2.24, 2.45) is 0 Å². The molecule has 0 spiro atoms. The van der Waals surface area contributed by atoms with Crippen molar-refractivity contribution in [3.63, 3.8) is 0 Å². The van der Waals surface area contributed by atoms with E-state index in [1.165, 1.54) is 6.33 Å². The second-order valence-electron chi connectivity index (χ2n) is 5.44. The number of hydrogen-bond acceptors (Lipinski definition) is 5. The van der Waals surface area contributed by atoms with Crippen LogP contribution in [0.3, 0.4) is 0 Å². The topological polar surface area (TPSA) is 81.1 Å². The fraction of sp³-hybridized carbons (Fsp3) is 0.118. The van der Waals surface area contributed by atoms with Crippen LogP contribution in [0, 0.1) is 0 Å². The summed E-state index contributed by atoms with van der Waals surface area (Å²) in [5.74, 6) is 1.20. The normalized spacial score (nSPS) is 12.9. The third-order valence-corrected chi connectivity index (χ3v) is 4.20. The number of nitrogens with zero attached hydrogens (tertiary/aromatic N) is 3. The second kappa shape index (κ2) is 6.56. The first kappa shape index (κ1) is 15.6. The van der Waals surface area contributed by atoms with Crippen LogP contribution in [0.15, 0.2) is 53.3 Å². The summed E-state index contributed by atoms with van der Waals surface area (Å²) in [6.07, 6.45) is 1.52. The van der Waals surface area contributed by atoms with Gasteiger partial charge in [0.05, 0.1) is 17.9 Å². The molecule has 0 fully saturated rings. The number of ether oxygens (including phenoxy) is 1. The number of carbonyl (C=O) groups excluding carboxylic acids is 1. The highest BCUT2D eigenvalue weighted by Gasteiger charge is 2.20. The van der Waals surface area contributed by atoms with Gasteiger partial charge in [0, 0.05) is 4.47 Å². The predicted molar refractivity (Wildman–Crippen MR) is 97.0 cm³/mol. The maximum Gasteiger partial charge on any atom is 0.262 e. The predicted octanol–water partition coefficient (Wildman–Crippen LogP) is 2.97. The standard InChI is InChI=1S/C17H14BrN5O2/c18-11-6-13(17-14(7-11)25-9-16(24)22-17)19-8-15-20-10-21-23(15)12-4-2-1-3-5-12/h1-7,10,19H,8-9H2,(H,22,24). The average molecular weight is 400 g/mol. The molecule has 0 saturated heterocycles. The summed E-state index contributed by atoms with van der Waals surface area (Å²) in [6.45, 7) is 0.457. The van der Waals surface area contributed by atoms with Crippen LogP contribution in [0.25, 0.3) is 5.69 Å². The van der Waals surface area contributed by atoms with Crippen molar-refractivity contribution in [2.75, 3.05) is 17.2 Å². The Labute approximate surface area is 152 Å². The molecular formula is C17H14BrN5O2. The molecule has 1 amide bonds. The third kappa shape index (κ3) is 3.20. The number of aromatic nitrogens is 3. The fourth-order valence-electron chi connectivity index (χ4n) is 2.63. The van der Waals surface area contributed by atoms with E-state index in [0.717, 1.165) is 21.7 Å². The Hall–Kier alpha value is -2.87. The van der Waals surface area contributed by atoms with E-state index in [0.29, 0.717) is 18.0 Å². The number of amides is 1. The molecule has 0 unspecified atom stereocenters. The van der Waals surface area contributed by atoms with Gasteiger partial charge in [-0.1, -0.05) is 34.1 Å². The molecule has 0 aliphatic carbocycles. The van der Waals surface area contributed by atoms with Gasteiger partial charge in [-0.3, -0.25) is 4.79 Å². The van der Waals surface area contributed by atoms with Crippen LogP contribution in [0.5, 0.6) is 5.75 Å². The number of anilines is 2. The zero-order valence-corrected chi connectivity index (χ0v) is 14.7. The third-order valence-electron chi connectivity index (χ3n) is 3.75. The van der Waals surface area contributed by atoms with Crippen LogP contribution in [0.4, 0.5) is 11.4 Å². The van der Waals surface area contributed by atoms with E-state index in [1.807, 2.05) is 42.5 Å². The van der Waals surface area contributed by atoms with E-state index in [4.69, 9.17) is 4.74 Å².